The first-order valence-corrected chi connectivity index (χ1v) is 7.45. The van der Waals surface area contributed by atoms with E-state index in [4.69, 9.17) is 0 Å². The number of amides is 1. The monoisotopic (exact) mass is 276 g/mol. The van der Waals surface area contributed by atoms with Crippen molar-refractivity contribution >= 4 is 11.6 Å². The number of carbonyl (C=O) groups is 1. The average molecular weight is 276 g/mol. The van der Waals surface area contributed by atoms with Gasteiger partial charge in [-0.2, -0.15) is 0 Å². The molecule has 4 nitrogen and oxygen atoms in total. The topological polar surface area (TPSA) is 52.6 Å². The molecule has 0 bridgehead atoms. The number of aliphatic hydroxyl groups excluding tert-OH is 1. The number of aliphatic hydroxyl groups is 1. The second-order valence-corrected chi connectivity index (χ2v) is 5.52. The molecular weight excluding hydrogens is 252 g/mol. The minimum atomic E-state index is -0.286. The van der Waals surface area contributed by atoms with Crippen LogP contribution in [0.5, 0.6) is 0 Å². The molecule has 1 saturated heterocycles. The van der Waals surface area contributed by atoms with Crippen molar-refractivity contribution in [1.82, 2.24) is 4.90 Å². The van der Waals surface area contributed by atoms with E-state index in [2.05, 4.69) is 10.2 Å². The molecule has 0 radical (unpaired) electrons. The molecule has 0 saturated carbocycles. The molecule has 110 valence electrons. The summed E-state index contributed by atoms with van der Waals surface area (Å²) in [5, 5.41) is 12.7. The summed E-state index contributed by atoms with van der Waals surface area (Å²) in [4.78, 5) is 14.5. The largest absolute Gasteiger partial charge is 0.392 e. The van der Waals surface area contributed by atoms with Crippen LogP contribution in [0, 0.1) is 5.92 Å². The second-order valence-electron chi connectivity index (χ2n) is 5.52. The Labute approximate surface area is 120 Å². The Morgan fingerprint density at radius 2 is 2.20 bits per heavy atom. The van der Waals surface area contributed by atoms with Crippen molar-refractivity contribution < 1.29 is 9.90 Å². The lowest BCUT2D eigenvalue weighted by atomic mass is 9.96. The maximum atomic E-state index is 12.3. The van der Waals surface area contributed by atoms with Crippen LogP contribution in [0.1, 0.15) is 26.2 Å². The SMILES string of the molecule is CC[C@@H](O)CN1CCCC(C(=O)Nc2ccccc2)C1. The van der Waals surface area contributed by atoms with Crippen molar-refractivity contribution in [2.75, 3.05) is 25.0 Å². The van der Waals surface area contributed by atoms with E-state index in [1.54, 1.807) is 0 Å². The standard InChI is InChI=1S/C16H24N2O2/c1-2-15(19)12-18-10-6-7-13(11-18)16(20)17-14-8-4-3-5-9-14/h3-5,8-9,13,15,19H,2,6-7,10-12H2,1H3,(H,17,20)/t13?,15-/m1/s1. The molecule has 1 aliphatic rings. The van der Waals surface area contributed by atoms with E-state index in [0.29, 0.717) is 6.54 Å². The number of hydrogen-bond donors (Lipinski definition) is 2. The highest BCUT2D eigenvalue weighted by molar-refractivity contribution is 5.92. The first kappa shape index (κ1) is 15.0. The van der Waals surface area contributed by atoms with Crippen molar-refractivity contribution in [3.63, 3.8) is 0 Å². The number of rotatable bonds is 5. The van der Waals surface area contributed by atoms with Crippen LogP contribution in [0.2, 0.25) is 0 Å². The minimum Gasteiger partial charge on any atom is -0.392 e. The second kappa shape index (κ2) is 7.41. The Balaban J connectivity index is 1.86. The molecule has 1 unspecified atom stereocenters. The summed E-state index contributed by atoms with van der Waals surface area (Å²) in [6.07, 6.45) is 2.42. The number of nitrogens with zero attached hydrogens (tertiary/aromatic N) is 1. The van der Waals surface area contributed by atoms with Crippen LogP contribution in [0.4, 0.5) is 5.69 Å². The van der Waals surface area contributed by atoms with Crippen LogP contribution >= 0.6 is 0 Å². The van der Waals surface area contributed by atoms with Gasteiger partial charge in [0, 0.05) is 18.8 Å². The van der Waals surface area contributed by atoms with Crippen LogP contribution in [0.25, 0.3) is 0 Å². The zero-order valence-corrected chi connectivity index (χ0v) is 12.1. The molecule has 0 spiro atoms. The molecule has 1 aromatic rings. The lowest BCUT2D eigenvalue weighted by Crippen LogP contribution is -2.43. The van der Waals surface area contributed by atoms with Crippen LogP contribution in [0.3, 0.4) is 0 Å². The van der Waals surface area contributed by atoms with Crippen molar-refractivity contribution in [2.24, 2.45) is 5.92 Å². The summed E-state index contributed by atoms with van der Waals surface area (Å²) < 4.78 is 0. The molecule has 1 aliphatic heterocycles. The molecule has 4 heteroatoms. The highest BCUT2D eigenvalue weighted by atomic mass is 16.3. The fourth-order valence-electron chi connectivity index (χ4n) is 2.63. The maximum Gasteiger partial charge on any atom is 0.228 e. The van der Waals surface area contributed by atoms with Gasteiger partial charge in [0.1, 0.15) is 0 Å². The van der Waals surface area contributed by atoms with Gasteiger partial charge in [0.25, 0.3) is 0 Å². The van der Waals surface area contributed by atoms with Crippen LogP contribution in [-0.4, -0.2) is 41.7 Å². The van der Waals surface area contributed by atoms with E-state index in [9.17, 15) is 9.90 Å². The number of likely N-dealkylation sites (tertiary alicyclic amines) is 1. The van der Waals surface area contributed by atoms with E-state index < -0.39 is 0 Å². The van der Waals surface area contributed by atoms with Crippen LogP contribution < -0.4 is 5.32 Å². The van der Waals surface area contributed by atoms with E-state index >= 15 is 0 Å². The van der Waals surface area contributed by atoms with Gasteiger partial charge in [0.05, 0.1) is 12.0 Å². The molecular formula is C16H24N2O2. The Morgan fingerprint density at radius 3 is 2.90 bits per heavy atom. The summed E-state index contributed by atoms with van der Waals surface area (Å²) >= 11 is 0. The van der Waals surface area contributed by atoms with Gasteiger partial charge >= 0.3 is 0 Å². The van der Waals surface area contributed by atoms with Crippen molar-refractivity contribution in [3.05, 3.63) is 30.3 Å². The number of para-hydroxylation sites is 1. The van der Waals surface area contributed by atoms with E-state index in [1.165, 1.54) is 0 Å². The molecule has 0 aliphatic carbocycles. The van der Waals surface area contributed by atoms with E-state index in [0.717, 1.165) is 38.0 Å². The molecule has 1 fully saturated rings. The third-order valence-electron chi connectivity index (χ3n) is 3.86. The van der Waals surface area contributed by atoms with Crippen LogP contribution in [0.15, 0.2) is 30.3 Å². The number of nitrogens with one attached hydrogen (secondary N) is 1. The van der Waals surface area contributed by atoms with Gasteiger partial charge in [-0.25, -0.2) is 0 Å². The Bertz CT molecular complexity index is 422. The first-order chi connectivity index (χ1) is 9.69. The quantitative estimate of drug-likeness (QED) is 0.866. The fourth-order valence-corrected chi connectivity index (χ4v) is 2.63. The minimum absolute atomic E-state index is 0.0213. The predicted molar refractivity (Wildman–Crippen MR) is 80.5 cm³/mol. The number of hydrogen-bond acceptors (Lipinski definition) is 3. The third-order valence-corrected chi connectivity index (χ3v) is 3.86. The number of β-amino-alcohol motifs (C(OH)–C–C–N with tert-alkyl or cyclic N) is 1. The maximum absolute atomic E-state index is 12.3. The van der Waals surface area contributed by atoms with Gasteiger partial charge in [0.2, 0.25) is 5.91 Å². The lowest BCUT2D eigenvalue weighted by Gasteiger charge is -2.33. The predicted octanol–water partition coefficient (Wildman–Crippen LogP) is 2.11. The molecule has 1 aromatic carbocycles. The molecule has 2 N–H and O–H groups in total. The first-order valence-electron chi connectivity index (χ1n) is 7.45. The molecule has 1 amide bonds. The number of anilines is 1. The van der Waals surface area contributed by atoms with E-state index in [1.807, 2.05) is 37.3 Å². The summed E-state index contributed by atoms with van der Waals surface area (Å²) in [6.45, 7) is 4.38. The molecule has 2 atom stereocenters. The molecule has 1 heterocycles. The summed E-state index contributed by atoms with van der Waals surface area (Å²) in [6, 6.07) is 9.57. The van der Waals surface area contributed by atoms with Gasteiger partial charge in [-0.15, -0.1) is 0 Å². The molecule has 20 heavy (non-hydrogen) atoms. The van der Waals surface area contributed by atoms with Crippen LogP contribution in [-0.2, 0) is 4.79 Å². The molecule has 2 rings (SSSR count). The Morgan fingerprint density at radius 1 is 1.45 bits per heavy atom. The summed E-state index contributed by atoms with van der Waals surface area (Å²) in [5.74, 6) is 0.111. The number of carbonyl (C=O) groups excluding carboxylic acids is 1. The smallest absolute Gasteiger partial charge is 0.228 e. The Kier molecular flexibility index (Phi) is 5.56. The van der Waals surface area contributed by atoms with Crippen molar-refractivity contribution in [3.8, 4) is 0 Å². The van der Waals surface area contributed by atoms with Gasteiger partial charge < -0.3 is 10.4 Å². The molecule has 0 aromatic heterocycles. The Hall–Kier alpha value is -1.39. The van der Waals surface area contributed by atoms with E-state index in [-0.39, 0.29) is 17.9 Å². The summed E-state index contributed by atoms with van der Waals surface area (Å²) in [7, 11) is 0. The van der Waals surface area contributed by atoms with Gasteiger partial charge in [-0.3, -0.25) is 9.69 Å². The number of benzene rings is 1. The number of piperidine rings is 1. The van der Waals surface area contributed by atoms with Gasteiger partial charge in [-0.05, 0) is 37.9 Å². The average Bonchev–Trinajstić information content (AvgIpc) is 2.48. The summed E-state index contributed by atoms with van der Waals surface area (Å²) in [5.41, 5.74) is 0.850. The van der Waals surface area contributed by atoms with Crippen molar-refractivity contribution in [2.45, 2.75) is 32.3 Å². The highest BCUT2D eigenvalue weighted by Crippen LogP contribution is 2.19. The highest BCUT2D eigenvalue weighted by Gasteiger charge is 2.26. The fraction of sp³-hybridized carbons (Fsp3) is 0.562. The third kappa shape index (κ3) is 4.32. The van der Waals surface area contributed by atoms with Gasteiger partial charge in [-0.1, -0.05) is 25.1 Å². The zero-order chi connectivity index (χ0) is 14.4. The zero-order valence-electron chi connectivity index (χ0n) is 12.1. The van der Waals surface area contributed by atoms with Gasteiger partial charge in [0.15, 0.2) is 0 Å². The lowest BCUT2D eigenvalue weighted by molar-refractivity contribution is -0.121. The van der Waals surface area contributed by atoms with Crippen molar-refractivity contribution in [1.29, 1.82) is 0 Å². The normalized spacial score (nSPS) is 21.4.